The number of nitrogens with one attached hydrogen (secondary N) is 1. The normalized spacial score (nSPS) is 16.0. The van der Waals surface area contributed by atoms with E-state index in [-0.39, 0.29) is 11.6 Å². The van der Waals surface area contributed by atoms with Crippen molar-refractivity contribution in [3.63, 3.8) is 0 Å². The minimum Gasteiger partial charge on any atom is -0.458 e. The van der Waals surface area contributed by atoms with Gasteiger partial charge in [0, 0.05) is 12.0 Å². The Labute approximate surface area is 131 Å². The number of ether oxygens (including phenoxy) is 1. The molecule has 0 radical (unpaired) electrons. The van der Waals surface area contributed by atoms with Crippen LogP contribution in [0.25, 0.3) is 11.0 Å². The molecule has 2 rings (SSSR count). The van der Waals surface area contributed by atoms with E-state index in [9.17, 15) is 0 Å². The van der Waals surface area contributed by atoms with Crippen LogP contribution in [0.4, 0.5) is 0 Å². The average molecular weight is 310 g/mol. The van der Waals surface area contributed by atoms with E-state index >= 15 is 0 Å². The van der Waals surface area contributed by atoms with Crippen molar-refractivity contribution in [2.75, 3.05) is 13.2 Å². The molecule has 0 amide bonds. The monoisotopic (exact) mass is 309 g/mol. The first-order valence-electron chi connectivity index (χ1n) is 7.61. The van der Waals surface area contributed by atoms with Gasteiger partial charge in [-0.3, -0.25) is 0 Å². The Hall–Kier alpha value is -1.03. The Morgan fingerprint density at radius 2 is 2.10 bits per heavy atom. The first kappa shape index (κ1) is 16.3. The number of hydrogen-bond acceptors (Lipinski definition) is 3. The van der Waals surface area contributed by atoms with E-state index in [1.165, 1.54) is 0 Å². The van der Waals surface area contributed by atoms with Gasteiger partial charge in [-0.1, -0.05) is 37.6 Å². The molecule has 0 fully saturated rings. The summed E-state index contributed by atoms with van der Waals surface area (Å²) >= 11 is 6.22. The minimum absolute atomic E-state index is 0.00378. The van der Waals surface area contributed by atoms with Crippen molar-refractivity contribution in [1.82, 2.24) is 5.32 Å². The summed E-state index contributed by atoms with van der Waals surface area (Å²) < 4.78 is 12.1. The van der Waals surface area contributed by atoms with Gasteiger partial charge in [0.15, 0.2) is 5.58 Å². The standard InChI is InChI=1S/C17H24ClNO2/c1-5-17(4,20-7-3)16(19-6-2)14-11-12-9-8-10-13(18)15(12)21-14/h8-11,16,19H,5-7H2,1-4H3. The molecule has 1 aromatic heterocycles. The number of halogens is 1. The van der Waals surface area contributed by atoms with Gasteiger partial charge in [0.25, 0.3) is 0 Å². The molecule has 0 aliphatic heterocycles. The molecule has 2 atom stereocenters. The molecule has 3 nitrogen and oxygen atoms in total. The van der Waals surface area contributed by atoms with Crippen LogP contribution in [0.1, 0.15) is 45.9 Å². The smallest absolute Gasteiger partial charge is 0.152 e. The highest BCUT2D eigenvalue weighted by molar-refractivity contribution is 6.34. The van der Waals surface area contributed by atoms with Gasteiger partial charge in [0.1, 0.15) is 5.76 Å². The number of benzene rings is 1. The summed E-state index contributed by atoms with van der Waals surface area (Å²) in [5.74, 6) is 0.873. The van der Waals surface area contributed by atoms with Crippen molar-refractivity contribution in [3.8, 4) is 0 Å². The third-order valence-corrected chi connectivity index (χ3v) is 4.29. The third kappa shape index (κ3) is 3.25. The summed E-state index contributed by atoms with van der Waals surface area (Å²) in [5, 5.41) is 5.16. The summed E-state index contributed by atoms with van der Waals surface area (Å²) in [7, 11) is 0. The van der Waals surface area contributed by atoms with Gasteiger partial charge in [-0.25, -0.2) is 0 Å². The van der Waals surface area contributed by atoms with Crippen LogP contribution in [-0.4, -0.2) is 18.8 Å². The largest absolute Gasteiger partial charge is 0.458 e. The van der Waals surface area contributed by atoms with Gasteiger partial charge in [0.2, 0.25) is 0 Å². The van der Waals surface area contributed by atoms with Gasteiger partial charge in [-0.2, -0.15) is 0 Å². The fourth-order valence-corrected chi connectivity index (χ4v) is 2.95. The molecule has 0 bridgehead atoms. The second-order valence-corrected chi connectivity index (χ2v) is 5.80. The Kier molecular flexibility index (Phi) is 5.31. The van der Waals surface area contributed by atoms with Gasteiger partial charge in [0.05, 0.1) is 16.7 Å². The van der Waals surface area contributed by atoms with E-state index in [0.29, 0.717) is 11.6 Å². The van der Waals surface area contributed by atoms with Gasteiger partial charge >= 0.3 is 0 Å². The number of likely N-dealkylation sites (N-methyl/N-ethyl adjacent to an activating group) is 1. The number of rotatable bonds is 7. The summed E-state index contributed by atoms with van der Waals surface area (Å²) in [5.41, 5.74) is 0.428. The van der Waals surface area contributed by atoms with Crippen LogP contribution < -0.4 is 5.32 Å². The van der Waals surface area contributed by atoms with Crippen molar-refractivity contribution in [2.24, 2.45) is 0 Å². The van der Waals surface area contributed by atoms with Crippen LogP contribution in [0.5, 0.6) is 0 Å². The van der Waals surface area contributed by atoms with Crippen LogP contribution in [0.15, 0.2) is 28.7 Å². The first-order valence-corrected chi connectivity index (χ1v) is 7.98. The lowest BCUT2D eigenvalue weighted by Gasteiger charge is -2.36. The van der Waals surface area contributed by atoms with Gasteiger partial charge in [-0.05, 0) is 38.9 Å². The molecule has 0 aliphatic rings. The molecule has 0 saturated carbocycles. The number of fused-ring (bicyclic) bond motifs is 1. The number of hydrogen-bond donors (Lipinski definition) is 1. The predicted octanol–water partition coefficient (Wildman–Crippen LogP) is 4.94. The summed E-state index contributed by atoms with van der Waals surface area (Å²) in [4.78, 5) is 0. The Balaban J connectivity index is 2.46. The zero-order valence-electron chi connectivity index (χ0n) is 13.2. The molecule has 21 heavy (non-hydrogen) atoms. The quantitative estimate of drug-likeness (QED) is 0.786. The molecule has 2 unspecified atom stereocenters. The topological polar surface area (TPSA) is 34.4 Å². The lowest BCUT2D eigenvalue weighted by atomic mass is 9.91. The molecular formula is C17H24ClNO2. The van der Waals surface area contributed by atoms with Crippen LogP contribution in [-0.2, 0) is 4.74 Å². The molecule has 1 aromatic carbocycles. The summed E-state index contributed by atoms with van der Waals surface area (Å²) in [6, 6.07) is 7.85. The zero-order chi connectivity index (χ0) is 15.5. The van der Waals surface area contributed by atoms with Crippen molar-refractivity contribution in [2.45, 2.75) is 45.8 Å². The number of para-hydroxylation sites is 1. The van der Waals surface area contributed by atoms with E-state index in [0.717, 1.165) is 29.7 Å². The fourth-order valence-electron chi connectivity index (χ4n) is 2.73. The van der Waals surface area contributed by atoms with E-state index < -0.39 is 0 Å². The minimum atomic E-state index is -0.314. The fraction of sp³-hybridized carbons (Fsp3) is 0.529. The highest BCUT2D eigenvalue weighted by Gasteiger charge is 2.36. The maximum absolute atomic E-state index is 6.22. The Bertz CT molecular complexity index is 595. The SMILES string of the molecule is CCNC(c1cc2cccc(Cl)c2o1)C(C)(CC)OCC. The lowest BCUT2D eigenvalue weighted by Crippen LogP contribution is -2.43. The van der Waals surface area contributed by atoms with E-state index in [1.54, 1.807) is 0 Å². The van der Waals surface area contributed by atoms with E-state index in [4.69, 9.17) is 20.8 Å². The van der Waals surface area contributed by atoms with Crippen molar-refractivity contribution < 1.29 is 9.15 Å². The van der Waals surface area contributed by atoms with E-state index in [2.05, 4.69) is 32.2 Å². The molecule has 2 aromatic rings. The molecule has 4 heteroatoms. The lowest BCUT2D eigenvalue weighted by molar-refractivity contribution is -0.0602. The molecule has 116 valence electrons. The molecule has 0 saturated heterocycles. The van der Waals surface area contributed by atoms with Gasteiger partial charge < -0.3 is 14.5 Å². The van der Waals surface area contributed by atoms with Crippen LogP contribution in [0.2, 0.25) is 5.02 Å². The molecule has 0 aliphatic carbocycles. The summed E-state index contributed by atoms with van der Waals surface area (Å²) in [6.07, 6.45) is 0.892. The molecule has 0 spiro atoms. The van der Waals surface area contributed by atoms with Crippen molar-refractivity contribution >= 4 is 22.6 Å². The maximum atomic E-state index is 6.22. The highest BCUT2D eigenvalue weighted by Crippen LogP contribution is 2.36. The summed E-state index contributed by atoms with van der Waals surface area (Å²) in [6.45, 7) is 9.89. The van der Waals surface area contributed by atoms with Gasteiger partial charge in [-0.15, -0.1) is 0 Å². The highest BCUT2D eigenvalue weighted by atomic mass is 35.5. The predicted molar refractivity (Wildman–Crippen MR) is 88.0 cm³/mol. The molecular weight excluding hydrogens is 286 g/mol. The average Bonchev–Trinajstić information content (AvgIpc) is 2.90. The first-order chi connectivity index (χ1) is 10.1. The third-order valence-electron chi connectivity index (χ3n) is 3.99. The van der Waals surface area contributed by atoms with Crippen molar-refractivity contribution in [1.29, 1.82) is 0 Å². The van der Waals surface area contributed by atoms with Crippen LogP contribution >= 0.6 is 11.6 Å². The maximum Gasteiger partial charge on any atom is 0.152 e. The second kappa shape index (κ2) is 6.82. The van der Waals surface area contributed by atoms with Crippen molar-refractivity contribution in [3.05, 3.63) is 35.0 Å². The molecule has 1 heterocycles. The number of furan rings is 1. The van der Waals surface area contributed by atoms with E-state index in [1.807, 2.05) is 25.1 Å². The second-order valence-electron chi connectivity index (χ2n) is 5.40. The van der Waals surface area contributed by atoms with Crippen LogP contribution in [0, 0.1) is 0 Å². The Morgan fingerprint density at radius 3 is 2.67 bits per heavy atom. The zero-order valence-corrected chi connectivity index (χ0v) is 14.0. The molecule has 1 N–H and O–H groups in total. The van der Waals surface area contributed by atoms with Crippen LogP contribution in [0.3, 0.4) is 0 Å². The Morgan fingerprint density at radius 1 is 1.33 bits per heavy atom.